The van der Waals surface area contributed by atoms with E-state index in [9.17, 15) is 8.42 Å². The maximum absolute atomic E-state index is 12.9. The Bertz CT molecular complexity index is 742. The minimum atomic E-state index is -3.55. The zero-order valence-corrected chi connectivity index (χ0v) is 13.8. The lowest BCUT2D eigenvalue weighted by molar-refractivity contribution is 0.592. The third-order valence-corrected chi connectivity index (χ3v) is 6.51. The van der Waals surface area contributed by atoms with Crippen molar-refractivity contribution in [1.29, 1.82) is 0 Å². The van der Waals surface area contributed by atoms with E-state index in [-0.39, 0.29) is 5.03 Å². The van der Waals surface area contributed by atoms with Crippen molar-refractivity contribution in [3.8, 4) is 0 Å². The first-order chi connectivity index (χ1) is 9.98. The fourth-order valence-corrected chi connectivity index (χ4v) is 5.23. The van der Waals surface area contributed by atoms with Gasteiger partial charge in [-0.25, -0.2) is 13.4 Å². The van der Waals surface area contributed by atoms with Gasteiger partial charge in [0, 0.05) is 13.1 Å². The fourth-order valence-electron chi connectivity index (χ4n) is 2.52. The average Bonchev–Trinajstić information content (AvgIpc) is 3.08. The van der Waals surface area contributed by atoms with Gasteiger partial charge in [-0.05, 0) is 38.8 Å². The molecule has 6 heteroatoms. The largest absolute Gasteiger partial charge is 0.361 e. The van der Waals surface area contributed by atoms with Crippen molar-refractivity contribution in [2.45, 2.75) is 36.6 Å². The van der Waals surface area contributed by atoms with Gasteiger partial charge < -0.3 is 4.90 Å². The predicted molar refractivity (Wildman–Crippen MR) is 84.9 cm³/mol. The Morgan fingerprint density at radius 3 is 2.33 bits per heavy atom. The van der Waals surface area contributed by atoms with Crippen LogP contribution >= 0.6 is 11.3 Å². The third-order valence-electron chi connectivity index (χ3n) is 3.67. The summed E-state index contributed by atoms with van der Waals surface area (Å²) < 4.78 is 25.7. The van der Waals surface area contributed by atoms with Crippen LogP contribution in [0.3, 0.4) is 0 Å². The number of nitrogens with zero attached hydrogens (tertiary/aromatic N) is 2. The van der Waals surface area contributed by atoms with Crippen LogP contribution in [0.25, 0.3) is 0 Å². The molecular formula is C15H18N2O2S2. The molecule has 0 unspecified atom stereocenters. The predicted octanol–water partition coefficient (Wildman–Crippen LogP) is 3.19. The summed E-state index contributed by atoms with van der Waals surface area (Å²) in [5, 5.41) is 1.81. The highest BCUT2D eigenvalue weighted by Crippen LogP contribution is 2.36. The first-order valence-electron chi connectivity index (χ1n) is 7.02. The molecule has 1 aromatic carbocycles. The van der Waals surface area contributed by atoms with Crippen LogP contribution < -0.4 is 4.90 Å². The Balaban J connectivity index is 2.08. The smallest absolute Gasteiger partial charge is 0.226 e. The first-order valence-corrected chi connectivity index (χ1v) is 9.32. The molecular weight excluding hydrogens is 304 g/mol. The first kappa shape index (κ1) is 14.5. The van der Waals surface area contributed by atoms with Gasteiger partial charge in [-0.1, -0.05) is 17.7 Å². The van der Waals surface area contributed by atoms with Crippen molar-refractivity contribution < 1.29 is 8.42 Å². The third kappa shape index (κ3) is 2.70. The summed E-state index contributed by atoms with van der Waals surface area (Å²) in [6, 6.07) is 6.96. The minimum absolute atomic E-state index is 0.218. The van der Waals surface area contributed by atoms with Gasteiger partial charge in [-0.15, -0.1) is 11.3 Å². The number of anilines is 1. The van der Waals surface area contributed by atoms with E-state index in [0.717, 1.165) is 41.5 Å². The van der Waals surface area contributed by atoms with E-state index < -0.39 is 9.84 Å². The number of thiazole rings is 1. The van der Waals surface area contributed by atoms with E-state index in [0.29, 0.717) is 4.90 Å². The molecule has 1 fully saturated rings. The number of aromatic nitrogens is 1. The molecule has 1 saturated heterocycles. The summed E-state index contributed by atoms with van der Waals surface area (Å²) in [5.41, 5.74) is 1.04. The van der Waals surface area contributed by atoms with Crippen LogP contribution in [-0.2, 0) is 9.84 Å². The Morgan fingerprint density at radius 1 is 1.10 bits per heavy atom. The SMILES string of the molecule is Cc1ccc(S(=O)(=O)c2nc(C)sc2N2CCCC2)cc1. The molecule has 0 radical (unpaired) electrons. The molecule has 0 amide bonds. The zero-order chi connectivity index (χ0) is 15.0. The van der Waals surface area contributed by atoms with Crippen molar-refractivity contribution >= 4 is 26.2 Å². The van der Waals surface area contributed by atoms with E-state index in [4.69, 9.17) is 0 Å². The zero-order valence-electron chi connectivity index (χ0n) is 12.2. The van der Waals surface area contributed by atoms with Gasteiger partial charge >= 0.3 is 0 Å². The van der Waals surface area contributed by atoms with Gasteiger partial charge in [0.15, 0.2) is 5.03 Å². The molecule has 0 bridgehead atoms. The van der Waals surface area contributed by atoms with Crippen molar-refractivity contribution in [1.82, 2.24) is 4.98 Å². The average molecular weight is 322 g/mol. The van der Waals surface area contributed by atoms with Crippen LogP contribution in [0.15, 0.2) is 34.2 Å². The number of aryl methyl sites for hydroxylation is 2. The number of benzene rings is 1. The van der Waals surface area contributed by atoms with Gasteiger partial charge in [0.25, 0.3) is 0 Å². The number of hydrogen-bond acceptors (Lipinski definition) is 5. The van der Waals surface area contributed by atoms with Crippen LogP contribution in [0.2, 0.25) is 0 Å². The minimum Gasteiger partial charge on any atom is -0.361 e. The molecule has 0 N–H and O–H groups in total. The molecule has 0 atom stereocenters. The molecule has 4 nitrogen and oxygen atoms in total. The highest BCUT2D eigenvalue weighted by molar-refractivity contribution is 7.91. The van der Waals surface area contributed by atoms with Gasteiger partial charge in [0.05, 0.1) is 9.90 Å². The van der Waals surface area contributed by atoms with Gasteiger partial charge in [0.2, 0.25) is 9.84 Å². The standard InChI is InChI=1S/C15H18N2O2S2/c1-11-5-7-13(8-6-11)21(18,19)14-15(20-12(2)16-14)17-9-3-4-10-17/h5-8H,3-4,9-10H2,1-2H3. The second-order valence-electron chi connectivity index (χ2n) is 5.35. The van der Waals surface area contributed by atoms with E-state index in [2.05, 4.69) is 9.88 Å². The van der Waals surface area contributed by atoms with E-state index >= 15 is 0 Å². The summed E-state index contributed by atoms with van der Waals surface area (Å²) in [4.78, 5) is 6.78. The molecule has 21 heavy (non-hydrogen) atoms. The van der Waals surface area contributed by atoms with Crippen molar-refractivity contribution in [2.75, 3.05) is 18.0 Å². The summed E-state index contributed by atoms with van der Waals surface area (Å²) in [6.07, 6.45) is 2.22. The second-order valence-corrected chi connectivity index (χ2v) is 8.40. The summed E-state index contributed by atoms with van der Waals surface area (Å²) in [7, 11) is -3.55. The molecule has 2 aromatic rings. The summed E-state index contributed by atoms with van der Waals surface area (Å²) in [5.74, 6) is 0. The van der Waals surface area contributed by atoms with E-state index in [1.165, 1.54) is 11.3 Å². The van der Waals surface area contributed by atoms with Crippen LogP contribution in [0.5, 0.6) is 0 Å². The lowest BCUT2D eigenvalue weighted by Gasteiger charge is -2.16. The Labute approximate surface area is 129 Å². The fraction of sp³-hybridized carbons (Fsp3) is 0.400. The van der Waals surface area contributed by atoms with Crippen molar-refractivity contribution in [3.05, 3.63) is 34.8 Å². The van der Waals surface area contributed by atoms with Crippen LogP contribution in [0, 0.1) is 13.8 Å². The molecule has 1 aliphatic rings. The quantitative estimate of drug-likeness (QED) is 0.871. The maximum atomic E-state index is 12.9. The van der Waals surface area contributed by atoms with Crippen molar-refractivity contribution in [3.63, 3.8) is 0 Å². The van der Waals surface area contributed by atoms with E-state index in [1.807, 2.05) is 26.0 Å². The van der Waals surface area contributed by atoms with Gasteiger partial charge in [0.1, 0.15) is 5.00 Å². The van der Waals surface area contributed by atoms with Crippen LogP contribution in [-0.4, -0.2) is 26.5 Å². The highest BCUT2D eigenvalue weighted by atomic mass is 32.2. The normalized spacial score (nSPS) is 15.6. The molecule has 2 heterocycles. The number of rotatable bonds is 3. The summed E-state index contributed by atoms with van der Waals surface area (Å²) in [6.45, 7) is 5.63. The molecule has 1 aliphatic heterocycles. The summed E-state index contributed by atoms with van der Waals surface area (Å²) >= 11 is 1.47. The molecule has 0 aliphatic carbocycles. The van der Waals surface area contributed by atoms with Crippen molar-refractivity contribution in [2.24, 2.45) is 0 Å². The monoisotopic (exact) mass is 322 g/mol. The topological polar surface area (TPSA) is 50.3 Å². The Morgan fingerprint density at radius 2 is 1.71 bits per heavy atom. The van der Waals surface area contributed by atoms with E-state index in [1.54, 1.807) is 12.1 Å². The lowest BCUT2D eigenvalue weighted by atomic mass is 10.2. The molecule has 3 rings (SSSR count). The molecule has 1 aromatic heterocycles. The maximum Gasteiger partial charge on any atom is 0.226 e. The Hall–Kier alpha value is -1.40. The molecule has 0 saturated carbocycles. The number of hydrogen-bond donors (Lipinski definition) is 0. The second kappa shape index (κ2) is 5.42. The number of sulfone groups is 1. The lowest BCUT2D eigenvalue weighted by Crippen LogP contribution is -2.19. The molecule has 0 spiro atoms. The van der Waals surface area contributed by atoms with Gasteiger partial charge in [-0.2, -0.15) is 0 Å². The van der Waals surface area contributed by atoms with Crippen LogP contribution in [0.4, 0.5) is 5.00 Å². The highest BCUT2D eigenvalue weighted by Gasteiger charge is 2.29. The Kier molecular flexibility index (Phi) is 3.75. The van der Waals surface area contributed by atoms with Crippen LogP contribution in [0.1, 0.15) is 23.4 Å². The molecule has 112 valence electrons. The van der Waals surface area contributed by atoms with Gasteiger partial charge in [-0.3, -0.25) is 0 Å².